The van der Waals surface area contributed by atoms with Crippen molar-refractivity contribution in [2.75, 3.05) is 0 Å². The Morgan fingerprint density at radius 2 is 1.60 bits per heavy atom. The number of thiophene rings is 1. The lowest BCUT2D eigenvalue weighted by Gasteiger charge is -2.07. The van der Waals surface area contributed by atoms with Gasteiger partial charge in [0.25, 0.3) is 0 Å². The van der Waals surface area contributed by atoms with Crippen LogP contribution in [0.25, 0.3) is 42.1 Å². The zero-order chi connectivity index (χ0) is 17.0. The fraction of sp³-hybridized carbons (Fsp3) is 0. The molecule has 0 unspecified atom stereocenters. The van der Waals surface area contributed by atoms with Gasteiger partial charge in [-0.1, -0.05) is 76.1 Å². The number of hydrogen-bond acceptors (Lipinski definition) is 1. The minimum atomic E-state index is 0.776. The van der Waals surface area contributed by atoms with E-state index in [2.05, 4.69) is 76.6 Å². The summed E-state index contributed by atoms with van der Waals surface area (Å²) in [6.45, 7) is 0. The average molecular weight is 424 g/mol. The third kappa shape index (κ3) is 2.40. The quantitative estimate of drug-likeness (QED) is 0.254. The van der Waals surface area contributed by atoms with Crippen LogP contribution < -0.4 is 0 Å². The van der Waals surface area contributed by atoms with Crippen molar-refractivity contribution < 1.29 is 0 Å². The fourth-order valence-electron chi connectivity index (χ4n) is 3.48. The molecule has 3 heteroatoms. The Balaban J connectivity index is 1.94. The summed E-state index contributed by atoms with van der Waals surface area (Å²) in [5.74, 6) is 0. The van der Waals surface area contributed by atoms with Crippen LogP contribution in [0.3, 0.4) is 0 Å². The van der Waals surface area contributed by atoms with E-state index < -0.39 is 0 Å². The van der Waals surface area contributed by atoms with Crippen molar-refractivity contribution in [1.29, 1.82) is 0 Å². The van der Waals surface area contributed by atoms with E-state index in [0.717, 1.165) is 15.1 Å². The molecule has 0 spiro atoms. The molecule has 0 fully saturated rings. The van der Waals surface area contributed by atoms with Crippen LogP contribution >= 0.6 is 38.9 Å². The molecule has 25 heavy (non-hydrogen) atoms. The van der Waals surface area contributed by atoms with Gasteiger partial charge in [0.2, 0.25) is 0 Å². The summed E-state index contributed by atoms with van der Waals surface area (Å²) in [5.41, 5.74) is 2.26. The molecule has 0 amide bonds. The van der Waals surface area contributed by atoms with Gasteiger partial charge in [0.05, 0.1) is 0 Å². The summed E-state index contributed by atoms with van der Waals surface area (Å²) in [6, 6.07) is 25.6. The fourth-order valence-corrected chi connectivity index (χ4v) is 5.31. The van der Waals surface area contributed by atoms with Gasteiger partial charge in [-0.3, -0.25) is 0 Å². The Bertz CT molecular complexity index is 1270. The molecule has 0 atom stereocenters. The largest absolute Gasteiger partial charge is 0.135 e. The van der Waals surface area contributed by atoms with Gasteiger partial charge in [0, 0.05) is 40.8 Å². The molecule has 0 N–H and O–H groups in total. The number of hydrogen-bond donors (Lipinski definition) is 0. The lowest BCUT2D eigenvalue weighted by atomic mass is 10.00. The van der Waals surface area contributed by atoms with E-state index >= 15 is 0 Å². The highest BCUT2D eigenvalue weighted by Crippen LogP contribution is 2.44. The van der Waals surface area contributed by atoms with E-state index in [0.29, 0.717) is 0 Å². The SMILES string of the molecule is Clc1ccc(Br)cc1-c1cccc2c1sc1ccc3ccccc3c12. The van der Waals surface area contributed by atoms with Crippen LogP contribution in [0.2, 0.25) is 5.02 Å². The van der Waals surface area contributed by atoms with Crippen molar-refractivity contribution in [2.45, 2.75) is 0 Å². The van der Waals surface area contributed by atoms with Crippen molar-refractivity contribution in [3.8, 4) is 11.1 Å². The summed E-state index contributed by atoms with van der Waals surface area (Å²) in [4.78, 5) is 0. The smallest absolute Gasteiger partial charge is 0.0485 e. The van der Waals surface area contributed by atoms with Gasteiger partial charge in [-0.05, 0) is 35.0 Å². The standard InChI is InChI=1S/C22H12BrClS/c23-14-9-10-19(24)18(12-14)16-6-3-7-17-21-15-5-2-1-4-13(15)8-11-20(21)25-22(16)17/h1-12H. The van der Waals surface area contributed by atoms with E-state index in [1.165, 1.54) is 36.5 Å². The van der Waals surface area contributed by atoms with E-state index in [1.54, 1.807) is 0 Å². The first kappa shape index (κ1) is 15.4. The third-order valence-electron chi connectivity index (χ3n) is 4.61. The van der Waals surface area contributed by atoms with E-state index in [4.69, 9.17) is 11.6 Å². The number of halogens is 2. The molecule has 0 nitrogen and oxygen atoms in total. The zero-order valence-electron chi connectivity index (χ0n) is 13.1. The normalized spacial score (nSPS) is 11.6. The first-order valence-electron chi connectivity index (χ1n) is 8.01. The average Bonchev–Trinajstić information content (AvgIpc) is 3.03. The number of rotatable bonds is 1. The van der Waals surface area contributed by atoms with E-state index in [-0.39, 0.29) is 0 Å². The number of benzene rings is 4. The van der Waals surface area contributed by atoms with Gasteiger partial charge in [0.15, 0.2) is 0 Å². The van der Waals surface area contributed by atoms with Gasteiger partial charge in [0.1, 0.15) is 0 Å². The highest BCUT2D eigenvalue weighted by molar-refractivity contribution is 9.10. The van der Waals surface area contributed by atoms with Gasteiger partial charge >= 0.3 is 0 Å². The molecule has 1 aromatic heterocycles. The topological polar surface area (TPSA) is 0 Å². The van der Waals surface area contributed by atoms with Crippen LogP contribution in [0.1, 0.15) is 0 Å². The maximum absolute atomic E-state index is 6.51. The second-order valence-corrected chi connectivity index (χ2v) is 8.44. The van der Waals surface area contributed by atoms with Crippen molar-refractivity contribution >= 4 is 69.8 Å². The second-order valence-electron chi connectivity index (χ2n) is 6.07. The molecule has 1 heterocycles. The molecule has 0 saturated heterocycles. The molecule has 0 radical (unpaired) electrons. The summed E-state index contributed by atoms with van der Waals surface area (Å²) in [5, 5.41) is 6.00. The summed E-state index contributed by atoms with van der Waals surface area (Å²) in [6.07, 6.45) is 0. The Morgan fingerprint density at radius 3 is 2.52 bits per heavy atom. The molecule has 120 valence electrons. The number of fused-ring (bicyclic) bond motifs is 5. The van der Waals surface area contributed by atoms with Crippen LogP contribution in [0, 0.1) is 0 Å². The molecule has 5 aromatic rings. The summed E-state index contributed by atoms with van der Waals surface area (Å²) < 4.78 is 3.64. The van der Waals surface area contributed by atoms with E-state index in [1.807, 2.05) is 23.5 Å². The van der Waals surface area contributed by atoms with Gasteiger partial charge in [-0.2, -0.15) is 0 Å². The van der Waals surface area contributed by atoms with Crippen LogP contribution in [0.5, 0.6) is 0 Å². The Labute approximate surface area is 162 Å². The highest BCUT2D eigenvalue weighted by Gasteiger charge is 2.14. The molecular formula is C22H12BrClS. The molecule has 0 saturated carbocycles. The second kappa shape index (κ2) is 5.84. The van der Waals surface area contributed by atoms with Crippen LogP contribution in [0.4, 0.5) is 0 Å². The van der Waals surface area contributed by atoms with Crippen molar-refractivity contribution in [3.63, 3.8) is 0 Å². The van der Waals surface area contributed by atoms with Gasteiger partial charge in [-0.25, -0.2) is 0 Å². The predicted molar refractivity (Wildman–Crippen MR) is 115 cm³/mol. The molecular weight excluding hydrogens is 412 g/mol. The maximum Gasteiger partial charge on any atom is 0.0485 e. The lowest BCUT2D eigenvalue weighted by molar-refractivity contribution is 1.63. The predicted octanol–water partition coefficient (Wildman–Crippen LogP) is 8.29. The summed E-state index contributed by atoms with van der Waals surface area (Å²) >= 11 is 11.9. The molecule has 0 bridgehead atoms. The van der Waals surface area contributed by atoms with Crippen LogP contribution in [-0.2, 0) is 0 Å². The molecule has 0 aliphatic carbocycles. The third-order valence-corrected chi connectivity index (χ3v) is 6.63. The Kier molecular flexibility index (Phi) is 3.60. The van der Waals surface area contributed by atoms with Crippen molar-refractivity contribution in [1.82, 2.24) is 0 Å². The van der Waals surface area contributed by atoms with Crippen LogP contribution in [0.15, 0.2) is 77.3 Å². The Hall–Kier alpha value is -1.87. The minimum Gasteiger partial charge on any atom is -0.135 e. The lowest BCUT2D eigenvalue weighted by Crippen LogP contribution is -1.81. The summed E-state index contributed by atoms with van der Waals surface area (Å²) in [7, 11) is 0. The monoisotopic (exact) mass is 422 g/mol. The first-order chi connectivity index (χ1) is 12.2. The van der Waals surface area contributed by atoms with Crippen molar-refractivity contribution in [2.24, 2.45) is 0 Å². The molecule has 0 aliphatic heterocycles. The Morgan fingerprint density at radius 1 is 0.760 bits per heavy atom. The first-order valence-corrected chi connectivity index (χ1v) is 9.99. The maximum atomic E-state index is 6.51. The van der Waals surface area contributed by atoms with Gasteiger partial charge < -0.3 is 0 Å². The molecule has 5 rings (SSSR count). The van der Waals surface area contributed by atoms with Gasteiger partial charge in [-0.15, -0.1) is 11.3 Å². The molecule has 0 aliphatic rings. The minimum absolute atomic E-state index is 0.776. The zero-order valence-corrected chi connectivity index (χ0v) is 16.3. The van der Waals surface area contributed by atoms with E-state index in [9.17, 15) is 0 Å². The highest BCUT2D eigenvalue weighted by atomic mass is 79.9. The van der Waals surface area contributed by atoms with Crippen molar-refractivity contribution in [3.05, 3.63) is 82.3 Å². The van der Waals surface area contributed by atoms with Crippen LogP contribution in [-0.4, -0.2) is 0 Å². The molecule has 4 aromatic carbocycles.